The molecule has 4 bridgehead atoms. The minimum absolute atomic E-state index is 0.470. The van der Waals surface area contributed by atoms with Gasteiger partial charge < -0.3 is 4.57 Å². The Morgan fingerprint density at radius 3 is 2.20 bits per heavy atom. The summed E-state index contributed by atoms with van der Waals surface area (Å²) in [5, 5.41) is 9.34. The summed E-state index contributed by atoms with van der Waals surface area (Å²) >= 11 is 0. The quantitative estimate of drug-likeness (QED) is 0.823. The lowest BCUT2D eigenvalue weighted by molar-refractivity contribution is -0.0622. The molecule has 4 aliphatic carbocycles. The van der Waals surface area contributed by atoms with Gasteiger partial charge in [0.15, 0.2) is 0 Å². The van der Waals surface area contributed by atoms with Gasteiger partial charge in [-0.1, -0.05) is 0 Å². The minimum Gasteiger partial charge on any atom is -0.319 e. The molecule has 5 rings (SSSR count). The molecule has 0 atom stereocenters. The number of imidazole rings is 1. The van der Waals surface area contributed by atoms with Crippen molar-refractivity contribution in [1.82, 2.24) is 9.55 Å². The van der Waals surface area contributed by atoms with Crippen molar-refractivity contribution in [2.75, 3.05) is 0 Å². The van der Waals surface area contributed by atoms with Gasteiger partial charge >= 0.3 is 0 Å². The Labute approximate surface area is 121 Å². The maximum atomic E-state index is 9.34. The van der Waals surface area contributed by atoms with E-state index in [1.54, 1.807) is 0 Å². The fourth-order valence-electron chi connectivity index (χ4n) is 5.75. The van der Waals surface area contributed by atoms with Crippen molar-refractivity contribution in [3.05, 3.63) is 17.2 Å². The van der Waals surface area contributed by atoms with Gasteiger partial charge in [0.2, 0.25) is 5.82 Å². The van der Waals surface area contributed by atoms with Crippen LogP contribution in [-0.4, -0.2) is 9.55 Å². The van der Waals surface area contributed by atoms with Crippen molar-refractivity contribution in [2.24, 2.45) is 23.2 Å². The standard InChI is InChI=1S/C17H23N3/c1-11-12(2)20(16(9-18)19-11)10-17-6-13-3-14(7-17)5-15(4-13)8-17/h13-15H,3-8,10H2,1-2H3. The molecule has 1 heterocycles. The predicted molar refractivity (Wildman–Crippen MR) is 77.0 cm³/mol. The molecule has 20 heavy (non-hydrogen) atoms. The van der Waals surface area contributed by atoms with Gasteiger partial charge in [-0.25, -0.2) is 4.98 Å². The third kappa shape index (κ3) is 1.74. The van der Waals surface area contributed by atoms with Crippen LogP contribution >= 0.6 is 0 Å². The van der Waals surface area contributed by atoms with E-state index in [4.69, 9.17) is 0 Å². The second-order valence-electron chi connectivity index (χ2n) is 7.72. The lowest BCUT2D eigenvalue weighted by Crippen LogP contribution is -2.48. The summed E-state index contributed by atoms with van der Waals surface area (Å²) in [5.41, 5.74) is 2.68. The highest BCUT2D eigenvalue weighted by Gasteiger charge is 2.51. The topological polar surface area (TPSA) is 41.6 Å². The Balaban J connectivity index is 1.68. The smallest absolute Gasteiger partial charge is 0.213 e. The van der Waals surface area contributed by atoms with Crippen molar-refractivity contribution in [2.45, 2.75) is 58.9 Å². The Kier molecular flexibility index (Phi) is 2.55. The molecule has 1 aromatic rings. The predicted octanol–water partition coefficient (Wildman–Crippen LogP) is 3.59. The lowest BCUT2D eigenvalue weighted by Gasteiger charge is -2.57. The molecule has 0 spiro atoms. The molecule has 3 heteroatoms. The number of rotatable bonds is 2. The molecule has 4 aliphatic rings. The van der Waals surface area contributed by atoms with Gasteiger partial charge in [-0.2, -0.15) is 5.26 Å². The molecule has 106 valence electrons. The van der Waals surface area contributed by atoms with E-state index in [1.165, 1.54) is 44.2 Å². The number of nitriles is 1. The molecular weight excluding hydrogens is 246 g/mol. The molecule has 1 aromatic heterocycles. The van der Waals surface area contributed by atoms with Crippen molar-refractivity contribution in [3.8, 4) is 6.07 Å². The Morgan fingerprint density at radius 2 is 1.70 bits per heavy atom. The first-order valence-corrected chi connectivity index (χ1v) is 8.02. The van der Waals surface area contributed by atoms with Crippen LogP contribution in [-0.2, 0) is 6.54 Å². The molecule has 0 N–H and O–H groups in total. The molecule has 4 saturated carbocycles. The van der Waals surface area contributed by atoms with E-state index < -0.39 is 0 Å². The van der Waals surface area contributed by atoms with E-state index in [-0.39, 0.29) is 0 Å². The summed E-state index contributed by atoms with van der Waals surface area (Å²) in [6, 6.07) is 2.29. The van der Waals surface area contributed by atoms with Crippen LogP contribution in [0.5, 0.6) is 0 Å². The van der Waals surface area contributed by atoms with Crippen LogP contribution in [0.2, 0.25) is 0 Å². The molecule has 0 unspecified atom stereocenters. The number of hydrogen-bond acceptors (Lipinski definition) is 2. The number of nitrogens with zero attached hydrogens (tertiary/aromatic N) is 3. The highest BCUT2D eigenvalue weighted by atomic mass is 15.1. The van der Waals surface area contributed by atoms with Crippen LogP contribution in [0.15, 0.2) is 0 Å². The normalized spacial score (nSPS) is 38.1. The zero-order valence-electron chi connectivity index (χ0n) is 12.5. The SMILES string of the molecule is Cc1nc(C#N)n(CC23CC4CC(CC(C4)C2)C3)c1C. The van der Waals surface area contributed by atoms with Crippen molar-refractivity contribution >= 4 is 0 Å². The van der Waals surface area contributed by atoms with E-state index in [2.05, 4.69) is 22.5 Å². The third-order valence-electron chi connectivity index (χ3n) is 6.22. The molecule has 0 aromatic carbocycles. The fraction of sp³-hybridized carbons (Fsp3) is 0.765. The molecular formula is C17H23N3. The summed E-state index contributed by atoms with van der Waals surface area (Å²) in [5.74, 6) is 3.53. The second kappa shape index (κ2) is 4.10. The average Bonchev–Trinajstić information content (AvgIpc) is 2.64. The second-order valence-corrected chi connectivity index (χ2v) is 7.72. The lowest BCUT2D eigenvalue weighted by atomic mass is 9.49. The monoisotopic (exact) mass is 269 g/mol. The summed E-state index contributed by atoms with van der Waals surface area (Å²) < 4.78 is 2.21. The van der Waals surface area contributed by atoms with E-state index in [9.17, 15) is 5.26 Å². The molecule has 0 radical (unpaired) electrons. The van der Waals surface area contributed by atoms with E-state index in [1.807, 2.05) is 6.92 Å². The summed E-state index contributed by atoms with van der Waals surface area (Å²) in [6.45, 7) is 5.17. The van der Waals surface area contributed by atoms with Gasteiger partial charge in [-0.3, -0.25) is 0 Å². The average molecular weight is 269 g/mol. The van der Waals surface area contributed by atoms with Crippen LogP contribution in [0, 0.1) is 48.3 Å². The van der Waals surface area contributed by atoms with E-state index in [0.717, 1.165) is 30.0 Å². The fourth-order valence-corrected chi connectivity index (χ4v) is 5.75. The van der Waals surface area contributed by atoms with Crippen molar-refractivity contribution in [3.63, 3.8) is 0 Å². The number of hydrogen-bond donors (Lipinski definition) is 0. The molecule has 3 nitrogen and oxygen atoms in total. The summed E-state index contributed by atoms with van der Waals surface area (Å²) in [7, 11) is 0. The zero-order valence-corrected chi connectivity index (χ0v) is 12.5. The molecule has 0 aliphatic heterocycles. The largest absolute Gasteiger partial charge is 0.319 e. The maximum absolute atomic E-state index is 9.34. The van der Waals surface area contributed by atoms with Crippen molar-refractivity contribution < 1.29 is 0 Å². The third-order valence-corrected chi connectivity index (χ3v) is 6.22. The highest BCUT2D eigenvalue weighted by molar-refractivity contribution is 5.23. The maximum Gasteiger partial charge on any atom is 0.213 e. The minimum atomic E-state index is 0.470. The summed E-state index contributed by atoms with van der Waals surface area (Å²) in [6.07, 6.45) is 8.60. The zero-order chi connectivity index (χ0) is 13.9. The van der Waals surface area contributed by atoms with Gasteiger partial charge in [0.25, 0.3) is 0 Å². The van der Waals surface area contributed by atoms with E-state index in [0.29, 0.717) is 11.2 Å². The van der Waals surface area contributed by atoms with Crippen molar-refractivity contribution in [1.29, 1.82) is 5.26 Å². The van der Waals surface area contributed by atoms with Crippen LogP contribution in [0.3, 0.4) is 0 Å². The van der Waals surface area contributed by atoms with Gasteiger partial charge in [-0.15, -0.1) is 0 Å². The number of aromatic nitrogens is 2. The number of aryl methyl sites for hydroxylation is 1. The summed E-state index contributed by atoms with van der Waals surface area (Å²) in [4.78, 5) is 4.43. The van der Waals surface area contributed by atoms with Crippen LogP contribution in [0.1, 0.15) is 55.7 Å². The molecule has 0 amide bonds. The molecule has 4 fully saturated rings. The van der Waals surface area contributed by atoms with Crippen LogP contribution < -0.4 is 0 Å². The van der Waals surface area contributed by atoms with Crippen LogP contribution in [0.25, 0.3) is 0 Å². The van der Waals surface area contributed by atoms with Gasteiger partial charge in [0.05, 0.1) is 5.69 Å². The van der Waals surface area contributed by atoms with Crippen LogP contribution in [0.4, 0.5) is 0 Å². The Morgan fingerprint density at radius 1 is 1.15 bits per heavy atom. The Bertz CT molecular complexity index is 555. The highest BCUT2D eigenvalue weighted by Crippen LogP contribution is 2.60. The molecule has 0 saturated heterocycles. The van der Waals surface area contributed by atoms with E-state index >= 15 is 0 Å². The van der Waals surface area contributed by atoms with Gasteiger partial charge in [-0.05, 0) is 75.5 Å². The Hall–Kier alpha value is -1.30. The van der Waals surface area contributed by atoms with Gasteiger partial charge in [0, 0.05) is 12.2 Å². The first-order chi connectivity index (χ1) is 9.58. The first-order valence-electron chi connectivity index (χ1n) is 8.02. The first kappa shape index (κ1) is 12.4. The van der Waals surface area contributed by atoms with Gasteiger partial charge in [0.1, 0.15) is 6.07 Å².